The van der Waals surface area contributed by atoms with E-state index >= 15 is 0 Å². The van der Waals surface area contributed by atoms with E-state index in [0.717, 1.165) is 5.56 Å². The number of nitriles is 1. The predicted octanol–water partition coefficient (Wildman–Crippen LogP) is 2.27. The number of carbonyl (C=O) groups excluding carboxylic acids is 3. The van der Waals surface area contributed by atoms with Gasteiger partial charge < -0.3 is 19.7 Å². The fraction of sp³-hybridized carbons (Fsp3) is 0.273. The number of anilines is 1. The first-order chi connectivity index (χ1) is 14.3. The summed E-state index contributed by atoms with van der Waals surface area (Å²) in [5.41, 5.74) is 1.98. The normalized spacial score (nSPS) is 11.0. The van der Waals surface area contributed by atoms with Crippen LogP contribution in [0.1, 0.15) is 18.1 Å². The zero-order valence-corrected chi connectivity index (χ0v) is 17.0. The first kappa shape index (κ1) is 22.4. The smallest absolute Gasteiger partial charge is 0.344 e. The molecular weight excluding hydrogens is 386 g/mol. The van der Waals surface area contributed by atoms with E-state index in [1.165, 1.54) is 18.9 Å². The standard InChI is InChI=1S/C22H23N3O5/c1-15-8-10-18(11-9-15)24-20(26)13-25(3)22(28)16(2)30-21(27)14-29-19-7-5-4-6-17(19)12-23/h4-11,16H,13-14H2,1-3H3,(H,24,26)/t16-/m1/s1. The van der Waals surface area contributed by atoms with Crippen molar-refractivity contribution in [3.8, 4) is 11.8 Å². The summed E-state index contributed by atoms with van der Waals surface area (Å²) in [6.07, 6.45) is -1.09. The van der Waals surface area contributed by atoms with Crippen molar-refractivity contribution >= 4 is 23.5 Å². The summed E-state index contributed by atoms with van der Waals surface area (Å²) in [6.45, 7) is 2.71. The van der Waals surface area contributed by atoms with Crippen molar-refractivity contribution in [3.05, 3.63) is 59.7 Å². The number of amides is 2. The minimum Gasteiger partial charge on any atom is -0.481 e. The maximum atomic E-state index is 12.4. The highest BCUT2D eigenvalue weighted by Crippen LogP contribution is 2.16. The first-order valence-corrected chi connectivity index (χ1v) is 9.23. The SMILES string of the molecule is Cc1ccc(NC(=O)CN(C)C(=O)[C@@H](C)OC(=O)COc2ccccc2C#N)cc1. The second kappa shape index (κ2) is 10.6. The monoisotopic (exact) mass is 409 g/mol. The number of benzene rings is 2. The van der Waals surface area contributed by atoms with Crippen LogP contribution in [0.4, 0.5) is 5.69 Å². The average molecular weight is 409 g/mol. The van der Waals surface area contributed by atoms with Crippen LogP contribution in [0.5, 0.6) is 5.75 Å². The summed E-state index contributed by atoms with van der Waals surface area (Å²) in [5.74, 6) is -1.41. The average Bonchev–Trinajstić information content (AvgIpc) is 2.73. The van der Waals surface area contributed by atoms with Crippen molar-refractivity contribution in [2.24, 2.45) is 0 Å². The highest BCUT2D eigenvalue weighted by Gasteiger charge is 2.23. The van der Waals surface area contributed by atoms with Gasteiger partial charge in [-0.25, -0.2) is 4.79 Å². The number of nitrogens with one attached hydrogen (secondary N) is 1. The van der Waals surface area contributed by atoms with Crippen molar-refractivity contribution in [1.82, 2.24) is 4.90 Å². The van der Waals surface area contributed by atoms with Crippen LogP contribution >= 0.6 is 0 Å². The van der Waals surface area contributed by atoms with Crippen LogP contribution in [0.3, 0.4) is 0 Å². The molecule has 0 spiro atoms. The third-order valence-electron chi connectivity index (χ3n) is 4.10. The molecule has 2 aromatic rings. The van der Waals surface area contributed by atoms with Crippen molar-refractivity contribution < 1.29 is 23.9 Å². The van der Waals surface area contributed by atoms with Gasteiger partial charge in [-0.1, -0.05) is 29.8 Å². The van der Waals surface area contributed by atoms with E-state index in [-0.39, 0.29) is 23.8 Å². The molecule has 156 valence electrons. The molecule has 8 nitrogen and oxygen atoms in total. The number of hydrogen-bond acceptors (Lipinski definition) is 6. The van der Waals surface area contributed by atoms with Crippen LogP contribution < -0.4 is 10.1 Å². The van der Waals surface area contributed by atoms with Crippen molar-refractivity contribution in [2.45, 2.75) is 20.0 Å². The lowest BCUT2D eigenvalue weighted by molar-refractivity contribution is -0.160. The third kappa shape index (κ3) is 6.63. The van der Waals surface area contributed by atoms with E-state index in [1.807, 2.05) is 25.1 Å². The van der Waals surface area contributed by atoms with Gasteiger partial charge in [-0.3, -0.25) is 9.59 Å². The van der Waals surface area contributed by atoms with Crippen molar-refractivity contribution in [3.63, 3.8) is 0 Å². The molecule has 2 aromatic carbocycles. The van der Waals surface area contributed by atoms with Gasteiger partial charge in [0.2, 0.25) is 5.91 Å². The Morgan fingerprint density at radius 2 is 1.80 bits per heavy atom. The van der Waals surface area contributed by atoms with Crippen LogP contribution in [0.15, 0.2) is 48.5 Å². The summed E-state index contributed by atoms with van der Waals surface area (Å²) in [6, 6.07) is 15.7. The van der Waals surface area contributed by atoms with Gasteiger partial charge in [0, 0.05) is 12.7 Å². The van der Waals surface area contributed by atoms with Crippen LogP contribution in [-0.2, 0) is 19.1 Å². The number of para-hydroxylation sites is 1. The van der Waals surface area contributed by atoms with Gasteiger partial charge in [-0.2, -0.15) is 5.26 Å². The van der Waals surface area contributed by atoms with E-state index in [4.69, 9.17) is 14.7 Å². The van der Waals surface area contributed by atoms with Crippen LogP contribution in [0.25, 0.3) is 0 Å². The Morgan fingerprint density at radius 3 is 2.47 bits per heavy atom. The zero-order valence-electron chi connectivity index (χ0n) is 17.0. The van der Waals surface area contributed by atoms with Crippen LogP contribution in [0.2, 0.25) is 0 Å². The highest BCUT2D eigenvalue weighted by atomic mass is 16.6. The second-order valence-electron chi connectivity index (χ2n) is 6.64. The van der Waals surface area contributed by atoms with E-state index in [0.29, 0.717) is 5.69 Å². The van der Waals surface area contributed by atoms with Crippen LogP contribution in [-0.4, -0.2) is 49.0 Å². The van der Waals surface area contributed by atoms with Gasteiger partial charge in [0.05, 0.1) is 12.1 Å². The number of esters is 1. The molecule has 0 unspecified atom stereocenters. The van der Waals surface area contributed by atoms with E-state index in [2.05, 4.69) is 5.32 Å². The van der Waals surface area contributed by atoms with Crippen molar-refractivity contribution in [1.29, 1.82) is 5.26 Å². The Labute approximate surface area is 175 Å². The van der Waals surface area contributed by atoms with Crippen molar-refractivity contribution in [2.75, 3.05) is 25.5 Å². The molecule has 0 aromatic heterocycles. The number of aryl methyl sites for hydroxylation is 1. The quantitative estimate of drug-likeness (QED) is 0.670. The topological polar surface area (TPSA) is 109 Å². The van der Waals surface area contributed by atoms with Gasteiger partial charge in [-0.05, 0) is 38.1 Å². The maximum absolute atomic E-state index is 12.4. The molecule has 2 amide bonds. The number of ether oxygens (including phenoxy) is 2. The largest absolute Gasteiger partial charge is 0.481 e. The minimum atomic E-state index is -1.09. The molecule has 0 saturated carbocycles. The van der Waals surface area contributed by atoms with Gasteiger partial charge in [0.15, 0.2) is 12.7 Å². The van der Waals surface area contributed by atoms with E-state index in [1.54, 1.807) is 36.4 Å². The highest BCUT2D eigenvalue weighted by molar-refractivity contribution is 5.95. The molecule has 0 aliphatic carbocycles. The molecule has 0 heterocycles. The van der Waals surface area contributed by atoms with Gasteiger partial charge in [0.25, 0.3) is 5.91 Å². The molecule has 30 heavy (non-hydrogen) atoms. The molecular formula is C22H23N3O5. The fourth-order valence-electron chi connectivity index (χ4n) is 2.54. The molecule has 1 N–H and O–H groups in total. The second-order valence-corrected chi connectivity index (χ2v) is 6.64. The Hall–Kier alpha value is -3.86. The molecule has 1 atom stereocenters. The van der Waals surface area contributed by atoms with Gasteiger partial charge >= 0.3 is 5.97 Å². The number of likely N-dealkylation sites (N-methyl/N-ethyl adjacent to an activating group) is 1. The molecule has 0 aliphatic rings. The van der Waals surface area contributed by atoms with E-state index < -0.39 is 24.6 Å². The molecule has 0 fully saturated rings. The lowest BCUT2D eigenvalue weighted by atomic mass is 10.2. The Morgan fingerprint density at radius 1 is 1.13 bits per heavy atom. The molecule has 0 radical (unpaired) electrons. The third-order valence-corrected chi connectivity index (χ3v) is 4.10. The zero-order chi connectivity index (χ0) is 22.1. The number of carbonyl (C=O) groups is 3. The Kier molecular flexibility index (Phi) is 7.94. The lowest BCUT2D eigenvalue weighted by Crippen LogP contribution is -2.42. The summed E-state index contributed by atoms with van der Waals surface area (Å²) < 4.78 is 10.4. The minimum absolute atomic E-state index is 0.194. The molecule has 0 saturated heterocycles. The number of hydrogen-bond donors (Lipinski definition) is 1. The van der Waals surface area contributed by atoms with E-state index in [9.17, 15) is 14.4 Å². The summed E-state index contributed by atoms with van der Waals surface area (Å²) >= 11 is 0. The molecule has 2 rings (SSSR count). The van der Waals surface area contributed by atoms with Gasteiger partial charge in [-0.15, -0.1) is 0 Å². The predicted molar refractivity (Wildman–Crippen MR) is 110 cm³/mol. The summed E-state index contributed by atoms with van der Waals surface area (Å²) in [5, 5.41) is 11.7. The Balaban J connectivity index is 1.80. The first-order valence-electron chi connectivity index (χ1n) is 9.23. The maximum Gasteiger partial charge on any atom is 0.344 e. The number of rotatable bonds is 8. The van der Waals surface area contributed by atoms with Crippen LogP contribution in [0, 0.1) is 18.3 Å². The summed E-state index contributed by atoms with van der Waals surface area (Å²) in [4.78, 5) is 37.6. The fourth-order valence-corrected chi connectivity index (χ4v) is 2.54. The lowest BCUT2D eigenvalue weighted by Gasteiger charge is -2.21. The Bertz CT molecular complexity index is 950. The van der Waals surface area contributed by atoms with Gasteiger partial charge in [0.1, 0.15) is 11.8 Å². The molecule has 0 bridgehead atoms. The molecule has 8 heteroatoms. The number of nitrogens with zero attached hydrogens (tertiary/aromatic N) is 2. The molecule has 0 aliphatic heterocycles. The summed E-state index contributed by atoms with van der Waals surface area (Å²) in [7, 11) is 1.45.